The Hall–Kier alpha value is -1.36. The number of aromatic nitrogens is 4. The lowest BCUT2D eigenvalue weighted by molar-refractivity contribution is 0.542. The molecule has 86 valence electrons. The van der Waals surface area contributed by atoms with E-state index in [2.05, 4.69) is 15.3 Å². The van der Waals surface area contributed by atoms with Gasteiger partial charge in [0.25, 0.3) is 5.56 Å². The van der Waals surface area contributed by atoms with E-state index in [-0.39, 0.29) is 11.0 Å². The first-order chi connectivity index (χ1) is 7.32. The number of aryl methyl sites for hydroxylation is 1. The van der Waals surface area contributed by atoms with Crippen molar-refractivity contribution in [2.75, 3.05) is 0 Å². The molecule has 0 radical (unpaired) electrons. The number of nitrogens with zero attached hydrogens (tertiary/aromatic N) is 3. The van der Waals surface area contributed by atoms with Crippen LogP contribution in [-0.4, -0.2) is 19.8 Å². The SMILES string of the molecule is Cc1c(Cl)[nH]n2c(=O)c(C(C)(C)C)nnc12. The van der Waals surface area contributed by atoms with Crippen molar-refractivity contribution in [1.82, 2.24) is 19.8 Å². The molecule has 0 unspecified atom stereocenters. The first-order valence-electron chi connectivity index (χ1n) is 4.96. The fraction of sp³-hybridized carbons (Fsp3) is 0.500. The number of H-pyrrole nitrogens is 1. The van der Waals surface area contributed by atoms with Crippen LogP contribution in [-0.2, 0) is 5.41 Å². The van der Waals surface area contributed by atoms with Crippen molar-refractivity contribution in [3.05, 3.63) is 26.8 Å². The van der Waals surface area contributed by atoms with Gasteiger partial charge in [0.15, 0.2) is 5.65 Å². The molecule has 0 aliphatic carbocycles. The fourth-order valence-corrected chi connectivity index (χ4v) is 1.65. The van der Waals surface area contributed by atoms with Crippen LogP contribution < -0.4 is 5.56 Å². The number of fused-ring (bicyclic) bond motifs is 1. The highest BCUT2D eigenvalue weighted by atomic mass is 35.5. The third-order valence-corrected chi connectivity index (χ3v) is 2.82. The number of nitrogens with one attached hydrogen (secondary N) is 1. The lowest BCUT2D eigenvalue weighted by Crippen LogP contribution is -2.30. The topological polar surface area (TPSA) is 63.0 Å². The Morgan fingerprint density at radius 1 is 1.31 bits per heavy atom. The Morgan fingerprint density at radius 2 is 1.94 bits per heavy atom. The third kappa shape index (κ3) is 1.51. The molecule has 0 aliphatic heterocycles. The smallest absolute Gasteiger partial charge is 0.278 e. The van der Waals surface area contributed by atoms with Gasteiger partial charge in [-0.15, -0.1) is 10.2 Å². The molecule has 2 aromatic heterocycles. The zero-order chi connectivity index (χ0) is 12.1. The second-order valence-electron chi connectivity index (χ2n) is 4.81. The number of hydrogen-bond acceptors (Lipinski definition) is 3. The average molecular weight is 241 g/mol. The number of rotatable bonds is 0. The molecule has 2 rings (SSSR count). The van der Waals surface area contributed by atoms with Crippen molar-refractivity contribution >= 4 is 17.2 Å². The average Bonchev–Trinajstić information content (AvgIpc) is 2.44. The molecule has 2 aromatic rings. The highest BCUT2D eigenvalue weighted by Crippen LogP contribution is 2.18. The van der Waals surface area contributed by atoms with Crippen LogP contribution >= 0.6 is 11.6 Å². The summed E-state index contributed by atoms with van der Waals surface area (Å²) in [7, 11) is 0. The second-order valence-corrected chi connectivity index (χ2v) is 5.19. The van der Waals surface area contributed by atoms with Gasteiger partial charge in [0, 0.05) is 11.0 Å². The molecule has 0 spiro atoms. The van der Waals surface area contributed by atoms with Gasteiger partial charge in [0.05, 0.1) is 0 Å². The molecule has 0 aromatic carbocycles. The first kappa shape index (κ1) is 11.1. The summed E-state index contributed by atoms with van der Waals surface area (Å²) in [6, 6.07) is 0. The van der Waals surface area contributed by atoms with Gasteiger partial charge in [-0.1, -0.05) is 32.4 Å². The van der Waals surface area contributed by atoms with Gasteiger partial charge in [-0.05, 0) is 6.92 Å². The Bertz CT molecular complexity index is 606. The van der Waals surface area contributed by atoms with Crippen LogP contribution in [0.25, 0.3) is 5.65 Å². The molecular weight excluding hydrogens is 228 g/mol. The van der Waals surface area contributed by atoms with Crippen LogP contribution in [0, 0.1) is 6.92 Å². The summed E-state index contributed by atoms with van der Waals surface area (Å²) >= 11 is 5.91. The van der Waals surface area contributed by atoms with Gasteiger partial charge in [0.1, 0.15) is 10.8 Å². The normalized spacial score (nSPS) is 12.3. The van der Waals surface area contributed by atoms with E-state index in [4.69, 9.17) is 11.6 Å². The van der Waals surface area contributed by atoms with E-state index in [9.17, 15) is 4.79 Å². The van der Waals surface area contributed by atoms with Crippen molar-refractivity contribution in [2.45, 2.75) is 33.1 Å². The van der Waals surface area contributed by atoms with Crippen LogP contribution in [0.15, 0.2) is 4.79 Å². The Morgan fingerprint density at radius 3 is 2.50 bits per heavy atom. The minimum atomic E-state index is -0.337. The highest BCUT2D eigenvalue weighted by Gasteiger charge is 2.23. The van der Waals surface area contributed by atoms with Gasteiger partial charge < -0.3 is 0 Å². The lowest BCUT2D eigenvalue weighted by atomic mass is 9.93. The van der Waals surface area contributed by atoms with E-state index in [1.165, 1.54) is 4.52 Å². The van der Waals surface area contributed by atoms with Gasteiger partial charge in [-0.2, -0.15) is 4.52 Å². The van der Waals surface area contributed by atoms with Crippen molar-refractivity contribution in [1.29, 1.82) is 0 Å². The monoisotopic (exact) mass is 240 g/mol. The number of halogens is 1. The molecule has 0 saturated heterocycles. The van der Waals surface area contributed by atoms with Gasteiger partial charge >= 0.3 is 0 Å². The van der Waals surface area contributed by atoms with Crippen LogP contribution in [0.5, 0.6) is 0 Å². The van der Waals surface area contributed by atoms with E-state index in [1.807, 2.05) is 20.8 Å². The summed E-state index contributed by atoms with van der Waals surface area (Å²) in [6.45, 7) is 7.55. The quantitative estimate of drug-likeness (QED) is 0.762. The Balaban J connectivity index is 2.86. The van der Waals surface area contributed by atoms with Gasteiger partial charge in [-0.25, -0.2) is 0 Å². The maximum Gasteiger partial charge on any atom is 0.295 e. The molecule has 0 saturated carbocycles. The summed E-state index contributed by atoms with van der Waals surface area (Å²) in [6.07, 6.45) is 0. The van der Waals surface area contributed by atoms with E-state index in [1.54, 1.807) is 6.92 Å². The van der Waals surface area contributed by atoms with E-state index in [0.717, 1.165) is 5.56 Å². The van der Waals surface area contributed by atoms with Crippen molar-refractivity contribution in [2.24, 2.45) is 0 Å². The molecule has 6 heteroatoms. The summed E-state index contributed by atoms with van der Waals surface area (Å²) in [5, 5.41) is 11.2. The number of aromatic amines is 1. The molecule has 5 nitrogen and oxygen atoms in total. The molecule has 0 fully saturated rings. The van der Waals surface area contributed by atoms with Crippen LogP contribution in [0.2, 0.25) is 5.15 Å². The van der Waals surface area contributed by atoms with Crippen molar-refractivity contribution in [3.8, 4) is 0 Å². The van der Waals surface area contributed by atoms with Crippen LogP contribution in [0.4, 0.5) is 0 Å². The summed E-state index contributed by atoms with van der Waals surface area (Å²) in [5.41, 5.74) is 1.08. The summed E-state index contributed by atoms with van der Waals surface area (Å²) in [5.74, 6) is 0. The molecule has 0 amide bonds. The van der Waals surface area contributed by atoms with Crippen molar-refractivity contribution in [3.63, 3.8) is 0 Å². The maximum absolute atomic E-state index is 12.1. The molecule has 0 atom stereocenters. The van der Waals surface area contributed by atoms with E-state index < -0.39 is 0 Å². The zero-order valence-electron chi connectivity index (χ0n) is 9.63. The largest absolute Gasteiger partial charge is 0.295 e. The standard InChI is InChI=1S/C10H13ClN4O/c1-5-7(11)14-15-8(5)13-12-6(9(15)16)10(2,3)4/h14H,1-4H3. The van der Waals surface area contributed by atoms with Crippen LogP contribution in [0.1, 0.15) is 32.0 Å². The molecular formula is C10H13ClN4O. The molecule has 0 bridgehead atoms. The van der Waals surface area contributed by atoms with Gasteiger partial charge in [0.2, 0.25) is 0 Å². The molecule has 1 N–H and O–H groups in total. The molecule has 2 heterocycles. The zero-order valence-corrected chi connectivity index (χ0v) is 10.4. The Labute approximate surface area is 97.4 Å². The predicted octanol–water partition coefficient (Wildman–Crippen LogP) is 1.68. The maximum atomic E-state index is 12.1. The summed E-state index contributed by atoms with van der Waals surface area (Å²) < 4.78 is 1.34. The third-order valence-electron chi connectivity index (χ3n) is 2.45. The fourth-order valence-electron chi connectivity index (χ4n) is 1.48. The minimum Gasteiger partial charge on any atom is -0.278 e. The van der Waals surface area contributed by atoms with E-state index in [0.29, 0.717) is 16.5 Å². The molecule has 16 heavy (non-hydrogen) atoms. The first-order valence-corrected chi connectivity index (χ1v) is 5.34. The predicted molar refractivity (Wildman–Crippen MR) is 62.1 cm³/mol. The van der Waals surface area contributed by atoms with E-state index >= 15 is 0 Å². The Kier molecular flexibility index (Phi) is 2.31. The highest BCUT2D eigenvalue weighted by molar-refractivity contribution is 6.30. The van der Waals surface area contributed by atoms with Gasteiger partial charge in [-0.3, -0.25) is 9.89 Å². The van der Waals surface area contributed by atoms with Crippen LogP contribution in [0.3, 0.4) is 0 Å². The second kappa shape index (κ2) is 3.31. The lowest BCUT2D eigenvalue weighted by Gasteiger charge is -2.15. The van der Waals surface area contributed by atoms with Crippen molar-refractivity contribution < 1.29 is 0 Å². The minimum absolute atomic E-state index is 0.201. The summed E-state index contributed by atoms with van der Waals surface area (Å²) in [4.78, 5) is 12.1. The number of hydrogen-bond donors (Lipinski definition) is 1. The molecule has 0 aliphatic rings.